The molecular weight excluding hydrogens is 344 g/mol. The van der Waals surface area contributed by atoms with E-state index in [0.29, 0.717) is 11.1 Å². The minimum absolute atomic E-state index is 0.0537. The van der Waals surface area contributed by atoms with Crippen molar-refractivity contribution >= 4 is 23.9 Å². The van der Waals surface area contributed by atoms with Gasteiger partial charge >= 0.3 is 0 Å². The number of rotatable bonds is 7. The molecule has 140 valence electrons. The van der Waals surface area contributed by atoms with Crippen LogP contribution in [0.5, 0.6) is 0 Å². The first-order chi connectivity index (χ1) is 12.9. The molecule has 0 spiro atoms. The summed E-state index contributed by atoms with van der Waals surface area (Å²) in [6.07, 6.45) is 1.49. The summed E-state index contributed by atoms with van der Waals surface area (Å²) in [5, 5.41) is 16.2. The van der Waals surface area contributed by atoms with Crippen LogP contribution in [0.2, 0.25) is 0 Å². The normalized spacial score (nSPS) is 12.3. The van der Waals surface area contributed by atoms with Gasteiger partial charge in [0.1, 0.15) is 5.70 Å². The molecule has 2 aromatic carbocycles. The highest BCUT2D eigenvalue weighted by molar-refractivity contribution is 6.06. The van der Waals surface area contributed by atoms with E-state index < -0.39 is 23.8 Å². The first kappa shape index (κ1) is 19.9. The van der Waals surface area contributed by atoms with Gasteiger partial charge in [-0.3, -0.25) is 9.59 Å². The van der Waals surface area contributed by atoms with Crippen LogP contribution in [-0.4, -0.2) is 23.8 Å². The SMILES string of the molecule is CC(C)[C@@H](NC(=O)/C(=C/c1ccccc1)NC(=O)c1ccccc1)C(=O)[O-]. The number of amides is 2. The lowest BCUT2D eigenvalue weighted by atomic mass is 10.0. The van der Waals surface area contributed by atoms with E-state index in [1.807, 2.05) is 6.07 Å². The standard InChI is InChI=1S/C21H22N2O4/c1-14(2)18(21(26)27)23-20(25)17(13-15-9-5-3-6-10-15)22-19(24)16-11-7-4-8-12-16/h3-14,18H,1-2H3,(H,22,24)(H,23,25)(H,26,27)/p-1/b17-13-/t18-/m1/s1. The second kappa shape index (κ2) is 9.33. The fourth-order valence-electron chi connectivity index (χ4n) is 2.38. The Kier molecular flexibility index (Phi) is 6.88. The summed E-state index contributed by atoms with van der Waals surface area (Å²) >= 11 is 0. The highest BCUT2D eigenvalue weighted by Gasteiger charge is 2.21. The number of carboxylic acid groups (broad SMARTS) is 1. The van der Waals surface area contributed by atoms with E-state index in [4.69, 9.17) is 0 Å². The number of carbonyl (C=O) groups excluding carboxylic acids is 3. The molecule has 0 saturated heterocycles. The molecule has 27 heavy (non-hydrogen) atoms. The zero-order chi connectivity index (χ0) is 19.8. The second-order valence-electron chi connectivity index (χ2n) is 6.30. The third-order valence-electron chi connectivity index (χ3n) is 3.85. The zero-order valence-corrected chi connectivity index (χ0v) is 15.1. The van der Waals surface area contributed by atoms with Crippen LogP contribution >= 0.6 is 0 Å². The van der Waals surface area contributed by atoms with Gasteiger partial charge in [0.2, 0.25) is 0 Å². The van der Waals surface area contributed by atoms with E-state index in [1.54, 1.807) is 68.4 Å². The van der Waals surface area contributed by atoms with Gasteiger partial charge in [0.15, 0.2) is 0 Å². The Labute approximate surface area is 157 Å². The molecule has 0 bridgehead atoms. The second-order valence-corrected chi connectivity index (χ2v) is 6.30. The molecule has 0 fully saturated rings. The Morgan fingerprint density at radius 1 is 0.926 bits per heavy atom. The van der Waals surface area contributed by atoms with E-state index in [-0.39, 0.29) is 11.6 Å². The van der Waals surface area contributed by atoms with Crippen LogP contribution in [0.25, 0.3) is 6.08 Å². The van der Waals surface area contributed by atoms with Crippen molar-refractivity contribution in [1.29, 1.82) is 0 Å². The number of aliphatic carboxylic acids is 1. The predicted octanol–water partition coefficient (Wildman–Crippen LogP) is 1.35. The lowest BCUT2D eigenvalue weighted by Gasteiger charge is -2.24. The molecule has 0 unspecified atom stereocenters. The largest absolute Gasteiger partial charge is 0.548 e. The van der Waals surface area contributed by atoms with E-state index >= 15 is 0 Å². The minimum atomic E-state index is -1.38. The van der Waals surface area contributed by atoms with Crippen molar-refractivity contribution in [2.24, 2.45) is 5.92 Å². The molecule has 0 saturated carbocycles. The molecule has 2 aromatic rings. The maximum absolute atomic E-state index is 12.6. The summed E-state index contributed by atoms with van der Waals surface area (Å²) in [6, 6.07) is 16.2. The van der Waals surface area contributed by atoms with Gasteiger partial charge < -0.3 is 20.5 Å². The molecule has 1 atom stereocenters. The minimum Gasteiger partial charge on any atom is -0.548 e. The van der Waals surface area contributed by atoms with Gasteiger partial charge in [0, 0.05) is 5.56 Å². The predicted molar refractivity (Wildman–Crippen MR) is 100 cm³/mol. The van der Waals surface area contributed by atoms with Crippen LogP contribution in [0, 0.1) is 5.92 Å². The van der Waals surface area contributed by atoms with Crippen LogP contribution in [0.4, 0.5) is 0 Å². The molecule has 2 amide bonds. The molecule has 6 heteroatoms. The summed E-state index contributed by atoms with van der Waals surface area (Å²) in [4.78, 5) is 36.4. The summed E-state index contributed by atoms with van der Waals surface area (Å²) in [5.41, 5.74) is 1.01. The summed E-state index contributed by atoms with van der Waals surface area (Å²) in [6.45, 7) is 3.31. The Morgan fingerprint density at radius 2 is 1.48 bits per heavy atom. The topological polar surface area (TPSA) is 98.3 Å². The van der Waals surface area contributed by atoms with Gasteiger partial charge in [-0.15, -0.1) is 0 Å². The van der Waals surface area contributed by atoms with Crippen molar-refractivity contribution in [3.8, 4) is 0 Å². The van der Waals surface area contributed by atoms with Gasteiger partial charge in [-0.1, -0.05) is 62.4 Å². The number of carbonyl (C=O) groups is 3. The molecular formula is C21H21N2O4-. The number of nitrogens with one attached hydrogen (secondary N) is 2. The molecule has 0 aliphatic rings. The number of hydrogen-bond acceptors (Lipinski definition) is 4. The number of benzene rings is 2. The Morgan fingerprint density at radius 3 is 2.00 bits per heavy atom. The smallest absolute Gasteiger partial charge is 0.268 e. The highest BCUT2D eigenvalue weighted by atomic mass is 16.4. The molecule has 0 aliphatic heterocycles. The van der Waals surface area contributed by atoms with Crippen LogP contribution < -0.4 is 15.7 Å². The van der Waals surface area contributed by atoms with Crippen molar-refractivity contribution < 1.29 is 19.5 Å². The summed E-state index contributed by atoms with van der Waals surface area (Å²) in [5.74, 6) is -2.93. The monoisotopic (exact) mass is 365 g/mol. The fourth-order valence-corrected chi connectivity index (χ4v) is 2.38. The highest BCUT2D eigenvalue weighted by Crippen LogP contribution is 2.09. The van der Waals surface area contributed by atoms with E-state index in [2.05, 4.69) is 10.6 Å². The molecule has 0 radical (unpaired) electrons. The van der Waals surface area contributed by atoms with Crippen molar-refractivity contribution in [1.82, 2.24) is 10.6 Å². The average molecular weight is 365 g/mol. The van der Waals surface area contributed by atoms with Crippen LogP contribution in [0.15, 0.2) is 66.4 Å². The lowest BCUT2D eigenvalue weighted by molar-refractivity contribution is -0.309. The van der Waals surface area contributed by atoms with Crippen molar-refractivity contribution in [2.45, 2.75) is 19.9 Å². The maximum atomic E-state index is 12.6. The number of hydrogen-bond donors (Lipinski definition) is 2. The molecule has 6 nitrogen and oxygen atoms in total. The molecule has 2 N–H and O–H groups in total. The van der Waals surface area contributed by atoms with Crippen LogP contribution in [0.1, 0.15) is 29.8 Å². The molecule has 0 heterocycles. The van der Waals surface area contributed by atoms with Crippen molar-refractivity contribution in [3.05, 3.63) is 77.5 Å². The quantitative estimate of drug-likeness (QED) is 0.724. The average Bonchev–Trinajstić information content (AvgIpc) is 2.66. The molecule has 0 aliphatic carbocycles. The Hall–Kier alpha value is -3.41. The van der Waals surface area contributed by atoms with Crippen LogP contribution in [0.3, 0.4) is 0 Å². The van der Waals surface area contributed by atoms with E-state index in [1.165, 1.54) is 6.08 Å². The van der Waals surface area contributed by atoms with Gasteiger partial charge in [-0.25, -0.2) is 0 Å². The van der Waals surface area contributed by atoms with Gasteiger partial charge in [-0.05, 0) is 29.7 Å². The molecule has 0 aromatic heterocycles. The number of carboxylic acids is 1. The molecule has 2 rings (SSSR count). The Bertz CT molecular complexity index is 830. The third kappa shape index (κ3) is 5.81. The first-order valence-corrected chi connectivity index (χ1v) is 8.53. The van der Waals surface area contributed by atoms with E-state index in [9.17, 15) is 19.5 Å². The van der Waals surface area contributed by atoms with E-state index in [0.717, 1.165) is 0 Å². The zero-order valence-electron chi connectivity index (χ0n) is 15.1. The van der Waals surface area contributed by atoms with Gasteiger partial charge in [0.25, 0.3) is 11.8 Å². The van der Waals surface area contributed by atoms with Gasteiger partial charge in [-0.2, -0.15) is 0 Å². The summed E-state index contributed by atoms with van der Waals surface area (Å²) < 4.78 is 0. The first-order valence-electron chi connectivity index (χ1n) is 8.53. The summed E-state index contributed by atoms with van der Waals surface area (Å²) in [7, 11) is 0. The fraction of sp³-hybridized carbons (Fsp3) is 0.190. The van der Waals surface area contributed by atoms with Gasteiger partial charge in [0.05, 0.1) is 12.0 Å². The maximum Gasteiger partial charge on any atom is 0.268 e. The Balaban J connectivity index is 2.29. The lowest BCUT2D eigenvalue weighted by Crippen LogP contribution is -2.52. The van der Waals surface area contributed by atoms with Crippen LogP contribution in [-0.2, 0) is 9.59 Å². The third-order valence-corrected chi connectivity index (χ3v) is 3.85. The van der Waals surface area contributed by atoms with Crippen molar-refractivity contribution in [3.63, 3.8) is 0 Å². The van der Waals surface area contributed by atoms with Crippen molar-refractivity contribution in [2.75, 3.05) is 0 Å².